The fourth-order valence-electron chi connectivity index (χ4n) is 2.16. The first-order chi connectivity index (χ1) is 11.3. The van der Waals surface area contributed by atoms with Gasteiger partial charge in [0.1, 0.15) is 5.00 Å². The molecule has 3 N–H and O–H groups in total. The minimum Gasteiger partial charge on any atom is -0.366 e. The van der Waals surface area contributed by atoms with E-state index < -0.39 is 17.5 Å². The summed E-state index contributed by atoms with van der Waals surface area (Å²) >= 11 is 1.20. The predicted molar refractivity (Wildman–Crippen MR) is 88.9 cm³/mol. The van der Waals surface area contributed by atoms with Crippen LogP contribution in [-0.4, -0.2) is 30.3 Å². The second kappa shape index (κ2) is 7.50. The summed E-state index contributed by atoms with van der Waals surface area (Å²) in [6.07, 6.45) is 0. The Morgan fingerprint density at radius 1 is 1.29 bits per heavy atom. The standard InChI is InChI=1S/C16H17F2N3O2S/c1-9(10-3-4-12(17)13(18)7-10)21(2)8-14(22)20-16-11(15(19)23)5-6-24-16/h3-7,9H,8H2,1-2H3,(H2,19,23)(H,20,22). The first-order valence-electron chi connectivity index (χ1n) is 7.12. The van der Waals surface area contributed by atoms with Gasteiger partial charge in [-0.3, -0.25) is 14.5 Å². The van der Waals surface area contributed by atoms with Gasteiger partial charge in [0, 0.05) is 6.04 Å². The minimum atomic E-state index is -0.929. The van der Waals surface area contributed by atoms with E-state index in [1.54, 1.807) is 24.3 Å². The molecule has 0 radical (unpaired) electrons. The van der Waals surface area contributed by atoms with Gasteiger partial charge in [-0.15, -0.1) is 11.3 Å². The van der Waals surface area contributed by atoms with Crippen molar-refractivity contribution in [1.29, 1.82) is 0 Å². The monoisotopic (exact) mass is 353 g/mol. The number of halogens is 2. The number of likely N-dealkylation sites (N-methyl/N-ethyl adjacent to an activating group) is 1. The lowest BCUT2D eigenvalue weighted by Crippen LogP contribution is -2.32. The predicted octanol–water partition coefficient (Wildman–Crippen LogP) is 2.76. The number of thiophene rings is 1. The van der Waals surface area contributed by atoms with Crippen molar-refractivity contribution in [2.24, 2.45) is 5.73 Å². The highest BCUT2D eigenvalue weighted by molar-refractivity contribution is 7.14. The molecule has 0 aliphatic rings. The number of carbonyl (C=O) groups is 2. The third-order valence-electron chi connectivity index (χ3n) is 3.66. The van der Waals surface area contributed by atoms with E-state index >= 15 is 0 Å². The van der Waals surface area contributed by atoms with Gasteiger partial charge in [0.05, 0.1) is 12.1 Å². The average Bonchev–Trinajstić information content (AvgIpc) is 2.97. The summed E-state index contributed by atoms with van der Waals surface area (Å²) in [5.74, 6) is -2.79. The summed E-state index contributed by atoms with van der Waals surface area (Å²) in [6.45, 7) is 1.79. The Morgan fingerprint density at radius 2 is 2.00 bits per heavy atom. The molecule has 0 saturated heterocycles. The van der Waals surface area contributed by atoms with Crippen molar-refractivity contribution < 1.29 is 18.4 Å². The van der Waals surface area contributed by atoms with Crippen molar-refractivity contribution in [3.05, 3.63) is 52.4 Å². The van der Waals surface area contributed by atoms with E-state index in [1.807, 2.05) is 0 Å². The number of anilines is 1. The molecule has 1 unspecified atom stereocenters. The summed E-state index contributed by atoms with van der Waals surface area (Å²) in [5.41, 5.74) is 6.03. The molecule has 24 heavy (non-hydrogen) atoms. The number of nitrogens with two attached hydrogens (primary N) is 1. The Labute approximate surface area is 142 Å². The van der Waals surface area contributed by atoms with Crippen LogP contribution in [0.5, 0.6) is 0 Å². The zero-order valence-corrected chi connectivity index (χ0v) is 14.0. The van der Waals surface area contributed by atoms with E-state index in [9.17, 15) is 18.4 Å². The molecule has 0 saturated carbocycles. The number of primary amides is 1. The zero-order chi connectivity index (χ0) is 17.9. The Bertz CT molecular complexity index is 764. The Balaban J connectivity index is 2.01. The van der Waals surface area contributed by atoms with Crippen molar-refractivity contribution in [2.75, 3.05) is 18.9 Å². The van der Waals surface area contributed by atoms with Gasteiger partial charge in [-0.2, -0.15) is 0 Å². The van der Waals surface area contributed by atoms with Crippen molar-refractivity contribution in [2.45, 2.75) is 13.0 Å². The van der Waals surface area contributed by atoms with Crippen LogP contribution in [0.4, 0.5) is 13.8 Å². The molecule has 1 aromatic heterocycles. The van der Waals surface area contributed by atoms with Gasteiger partial charge < -0.3 is 11.1 Å². The van der Waals surface area contributed by atoms with E-state index in [0.717, 1.165) is 12.1 Å². The van der Waals surface area contributed by atoms with E-state index in [4.69, 9.17) is 5.73 Å². The zero-order valence-electron chi connectivity index (χ0n) is 13.2. The molecular weight excluding hydrogens is 336 g/mol. The summed E-state index contributed by atoms with van der Waals surface area (Å²) < 4.78 is 26.3. The van der Waals surface area contributed by atoms with Crippen LogP contribution < -0.4 is 11.1 Å². The molecule has 8 heteroatoms. The highest BCUT2D eigenvalue weighted by atomic mass is 32.1. The molecule has 0 fully saturated rings. The molecule has 2 amide bonds. The number of hydrogen-bond donors (Lipinski definition) is 2. The van der Waals surface area contributed by atoms with Crippen LogP contribution in [0.2, 0.25) is 0 Å². The van der Waals surface area contributed by atoms with Gasteiger partial charge in [0.15, 0.2) is 11.6 Å². The summed E-state index contributed by atoms with van der Waals surface area (Å²) in [5, 5.41) is 4.68. The van der Waals surface area contributed by atoms with Gasteiger partial charge in [0.25, 0.3) is 5.91 Å². The van der Waals surface area contributed by atoms with Crippen molar-refractivity contribution in [3.8, 4) is 0 Å². The number of carbonyl (C=O) groups excluding carboxylic acids is 2. The maximum Gasteiger partial charge on any atom is 0.251 e. The van der Waals surface area contributed by atoms with Crippen LogP contribution in [0.15, 0.2) is 29.6 Å². The molecular formula is C16H17F2N3O2S. The molecule has 0 bridgehead atoms. The topological polar surface area (TPSA) is 75.4 Å². The van der Waals surface area contributed by atoms with Crippen molar-refractivity contribution >= 4 is 28.2 Å². The Morgan fingerprint density at radius 3 is 2.62 bits per heavy atom. The van der Waals surface area contributed by atoms with Crippen molar-refractivity contribution in [1.82, 2.24) is 4.90 Å². The molecule has 0 aliphatic carbocycles. The molecule has 0 aliphatic heterocycles. The first kappa shape index (κ1) is 18.0. The van der Waals surface area contributed by atoms with E-state index in [0.29, 0.717) is 10.6 Å². The second-order valence-electron chi connectivity index (χ2n) is 5.34. The largest absolute Gasteiger partial charge is 0.366 e. The average molecular weight is 353 g/mol. The lowest BCUT2D eigenvalue weighted by atomic mass is 10.1. The van der Waals surface area contributed by atoms with Gasteiger partial charge in [0.2, 0.25) is 5.91 Å². The number of rotatable bonds is 6. The van der Waals surface area contributed by atoms with Crippen LogP contribution >= 0.6 is 11.3 Å². The Hall–Kier alpha value is -2.32. The normalized spacial score (nSPS) is 12.2. The van der Waals surface area contributed by atoms with Gasteiger partial charge in [-0.25, -0.2) is 8.78 Å². The number of benzene rings is 1. The molecule has 2 aromatic rings. The number of amides is 2. The maximum absolute atomic E-state index is 13.3. The Kier molecular flexibility index (Phi) is 5.63. The highest BCUT2D eigenvalue weighted by Gasteiger charge is 2.18. The van der Waals surface area contributed by atoms with Gasteiger partial charge >= 0.3 is 0 Å². The minimum absolute atomic E-state index is 0.0102. The summed E-state index contributed by atoms with van der Waals surface area (Å²) in [4.78, 5) is 25.0. The van der Waals surface area contributed by atoms with Crippen LogP contribution in [0.1, 0.15) is 28.9 Å². The van der Waals surface area contributed by atoms with Gasteiger partial charge in [-0.05, 0) is 43.1 Å². The number of hydrogen-bond acceptors (Lipinski definition) is 4. The fraction of sp³-hybridized carbons (Fsp3) is 0.250. The molecule has 1 aromatic carbocycles. The SMILES string of the molecule is CC(c1ccc(F)c(F)c1)N(C)CC(=O)Nc1sccc1C(N)=O. The fourth-order valence-corrected chi connectivity index (χ4v) is 2.96. The molecule has 5 nitrogen and oxygen atoms in total. The van der Waals surface area contributed by atoms with Crippen molar-refractivity contribution in [3.63, 3.8) is 0 Å². The highest BCUT2D eigenvalue weighted by Crippen LogP contribution is 2.24. The quantitative estimate of drug-likeness (QED) is 0.838. The second-order valence-corrected chi connectivity index (χ2v) is 6.26. The summed E-state index contributed by atoms with van der Waals surface area (Å²) in [6, 6.07) is 4.88. The third-order valence-corrected chi connectivity index (χ3v) is 4.49. The lowest BCUT2D eigenvalue weighted by Gasteiger charge is -2.24. The summed E-state index contributed by atoms with van der Waals surface area (Å²) in [7, 11) is 1.69. The molecule has 128 valence electrons. The first-order valence-corrected chi connectivity index (χ1v) is 8.00. The smallest absolute Gasteiger partial charge is 0.251 e. The molecule has 0 spiro atoms. The van der Waals surface area contributed by atoms with Gasteiger partial charge in [-0.1, -0.05) is 6.07 Å². The van der Waals surface area contributed by atoms with E-state index in [-0.39, 0.29) is 24.1 Å². The van der Waals surface area contributed by atoms with Crippen LogP contribution in [-0.2, 0) is 4.79 Å². The van der Waals surface area contributed by atoms with E-state index in [2.05, 4.69) is 5.32 Å². The maximum atomic E-state index is 13.3. The molecule has 1 heterocycles. The van der Waals surface area contributed by atoms with Crippen LogP contribution in [0.25, 0.3) is 0 Å². The van der Waals surface area contributed by atoms with Crippen LogP contribution in [0.3, 0.4) is 0 Å². The van der Waals surface area contributed by atoms with Crippen LogP contribution in [0, 0.1) is 11.6 Å². The van der Waals surface area contributed by atoms with E-state index in [1.165, 1.54) is 23.5 Å². The third kappa shape index (κ3) is 4.15. The molecule has 2 rings (SSSR count). The number of nitrogens with one attached hydrogen (secondary N) is 1. The number of nitrogens with zero attached hydrogens (tertiary/aromatic N) is 1. The molecule has 1 atom stereocenters. The lowest BCUT2D eigenvalue weighted by molar-refractivity contribution is -0.117.